The molecule has 0 spiro atoms. The van der Waals surface area contributed by atoms with E-state index in [-0.39, 0.29) is 28.8 Å². The van der Waals surface area contributed by atoms with Gasteiger partial charge in [-0.25, -0.2) is 9.48 Å². The Labute approximate surface area is 169 Å². The van der Waals surface area contributed by atoms with Crippen molar-refractivity contribution in [2.75, 3.05) is 5.32 Å². The largest absolute Gasteiger partial charge is 0.350 e. The maximum atomic E-state index is 12.8. The summed E-state index contributed by atoms with van der Waals surface area (Å²) < 4.78 is 2.95. The lowest BCUT2D eigenvalue weighted by Crippen LogP contribution is -2.21. The number of aromatic nitrogens is 3. The average molecular weight is 390 g/mol. The van der Waals surface area contributed by atoms with Crippen molar-refractivity contribution in [2.24, 2.45) is 17.3 Å². The van der Waals surface area contributed by atoms with E-state index in [0.717, 1.165) is 11.3 Å². The molecule has 6 nitrogen and oxygen atoms in total. The fourth-order valence-corrected chi connectivity index (χ4v) is 4.06. The molecule has 0 bridgehead atoms. The Morgan fingerprint density at radius 3 is 2.72 bits per heavy atom. The van der Waals surface area contributed by atoms with Gasteiger partial charge in [-0.2, -0.15) is 0 Å². The Bertz CT molecular complexity index is 1160. The van der Waals surface area contributed by atoms with Gasteiger partial charge in [-0.3, -0.25) is 9.20 Å². The fourth-order valence-electron chi connectivity index (χ4n) is 4.06. The summed E-state index contributed by atoms with van der Waals surface area (Å²) in [5, 5.41) is 7.42. The van der Waals surface area contributed by atoms with E-state index in [9.17, 15) is 9.59 Å². The highest BCUT2D eigenvalue weighted by Crippen LogP contribution is 2.59. The van der Waals surface area contributed by atoms with Crippen molar-refractivity contribution >= 4 is 17.2 Å². The molecule has 1 aliphatic rings. The first-order valence-corrected chi connectivity index (χ1v) is 9.86. The first kappa shape index (κ1) is 19.2. The van der Waals surface area contributed by atoms with Crippen molar-refractivity contribution in [1.82, 2.24) is 14.2 Å². The van der Waals surface area contributed by atoms with E-state index in [4.69, 9.17) is 0 Å². The molecule has 2 aromatic heterocycles. The molecular weight excluding hydrogens is 364 g/mol. The van der Waals surface area contributed by atoms with Gasteiger partial charge in [-0.05, 0) is 55.0 Å². The van der Waals surface area contributed by atoms with Crippen LogP contribution in [0.5, 0.6) is 0 Å². The van der Waals surface area contributed by atoms with E-state index < -0.39 is 0 Å². The molecule has 0 radical (unpaired) electrons. The highest BCUT2D eigenvalue weighted by atomic mass is 16.2. The Hall–Kier alpha value is -3.15. The van der Waals surface area contributed by atoms with Crippen LogP contribution in [0.2, 0.25) is 0 Å². The Morgan fingerprint density at radius 2 is 2.00 bits per heavy atom. The molecular formula is C23H26N4O2. The van der Waals surface area contributed by atoms with Gasteiger partial charge in [0.05, 0.1) is 12.5 Å². The SMILES string of the molecule is CC(C)=C[C@H]1[C@@H](C(=O)Nc2cccc(Cn3nc4ccccn4c3=O)c2)C1(C)C. The van der Waals surface area contributed by atoms with Gasteiger partial charge in [0.1, 0.15) is 0 Å². The van der Waals surface area contributed by atoms with Crippen LogP contribution >= 0.6 is 0 Å². The number of rotatable bonds is 5. The molecule has 6 heteroatoms. The average Bonchev–Trinajstić information content (AvgIpc) is 3.04. The van der Waals surface area contributed by atoms with Gasteiger partial charge in [0.25, 0.3) is 0 Å². The molecule has 1 N–H and O–H groups in total. The molecule has 1 fully saturated rings. The number of pyridine rings is 1. The van der Waals surface area contributed by atoms with Crippen molar-refractivity contribution in [2.45, 2.75) is 34.2 Å². The first-order valence-electron chi connectivity index (χ1n) is 9.86. The molecule has 2 atom stereocenters. The van der Waals surface area contributed by atoms with Crippen LogP contribution in [0.15, 0.2) is 65.1 Å². The zero-order valence-electron chi connectivity index (χ0n) is 17.2. The lowest BCUT2D eigenvalue weighted by Gasteiger charge is -2.08. The molecule has 0 unspecified atom stereocenters. The highest BCUT2D eigenvalue weighted by Gasteiger charge is 2.60. The van der Waals surface area contributed by atoms with Gasteiger partial charge in [0.15, 0.2) is 5.65 Å². The minimum Gasteiger partial charge on any atom is -0.326 e. The van der Waals surface area contributed by atoms with E-state index in [2.05, 4.69) is 44.2 Å². The topological polar surface area (TPSA) is 68.4 Å². The maximum Gasteiger partial charge on any atom is 0.350 e. The van der Waals surface area contributed by atoms with Gasteiger partial charge in [-0.15, -0.1) is 5.10 Å². The third-order valence-electron chi connectivity index (χ3n) is 5.72. The predicted molar refractivity (Wildman–Crippen MR) is 114 cm³/mol. The number of fused-ring (bicyclic) bond motifs is 1. The van der Waals surface area contributed by atoms with E-state index in [0.29, 0.717) is 12.2 Å². The monoisotopic (exact) mass is 390 g/mol. The van der Waals surface area contributed by atoms with Gasteiger partial charge in [-0.1, -0.05) is 43.7 Å². The second-order valence-corrected chi connectivity index (χ2v) is 8.63. The number of anilines is 1. The van der Waals surface area contributed by atoms with Crippen molar-refractivity contribution in [1.29, 1.82) is 0 Å². The standard InChI is InChI=1S/C23H26N4O2/c1-15(2)12-18-20(23(18,3)4)21(28)24-17-9-7-8-16(13-17)14-27-22(29)26-11-6-5-10-19(26)25-27/h5-13,18,20H,14H2,1-4H3,(H,24,28)/t18-,20-/m0/s1. The summed E-state index contributed by atoms with van der Waals surface area (Å²) in [6, 6.07) is 13.0. The Balaban J connectivity index is 1.51. The summed E-state index contributed by atoms with van der Waals surface area (Å²) >= 11 is 0. The molecule has 3 aromatic rings. The molecule has 1 amide bonds. The van der Waals surface area contributed by atoms with Crippen LogP contribution in [-0.2, 0) is 11.3 Å². The van der Waals surface area contributed by atoms with Crippen LogP contribution in [0, 0.1) is 17.3 Å². The number of hydrogen-bond donors (Lipinski definition) is 1. The first-order chi connectivity index (χ1) is 13.8. The van der Waals surface area contributed by atoms with Crippen LogP contribution in [0.4, 0.5) is 5.69 Å². The highest BCUT2D eigenvalue weighted by molar-refractivity contribution is 5.95. The molecule has 1 aliphatic carbocycles. The molecule has 4 rings (SSSR count). The van der Waals surface area contributed by atoms with Gasteiger partial charge >= 0.3 is 5.69 Å². The fraction of sp³-hybridized carbons (Fsp3) is 0.348. The summed E-state index contributed by atoms with van der Waals surface area (Å²) in [7, 11) is 0. The zero-order chi connectivity index (χ0) is 20.8. The number of hydrogen-bond acceptors (Lipinski definition) is 3. The summed E-state index contributed by atoms with van der Waals surface area (Å²) in [6.45, 7) is 8.74. The second-order valence-electron chi connectivity index (χ2n) is 8.63. The summed E-state index contributed by atoms with van der Waals surface area (Å²) in [5.41, 5.74) is 3.29. The lowest BCUT2D eigenvalue weighted by molar-refractivity contribution is -0.118. The number of benzene rings is 1. The normalized spacial score (nSPS) is 19.7. The number of carbonyl (C=O) groups excluding carboxylic acids is 1. The third kappa shape index (κ3) is 3.62. The van der Waals surface area contributed by atoms with Crippen molar-refractivity contribution < 1.29 is 4.79 Å². The minimum atomic E-state index is -0.181. The summed E-state index contributed by atoms with van der Waals surface area (Å²) in [5.74, 6) is 0.286. The van der Waals surface area contributed by atoms with Gasteiger partial charge in [0.2, 0.25) is 5.91 Å². The van der Waals surface area contributed by atoms with E-state index in [1.807, 2.05) is 30.3 Å². The van der Waals surface area contributed by atoms with E-state index >= 15 is 0 Å². The number of allylic oxidation sites excluding steroid dienone is 2. The van der Waals surface area contributed by atoms with Gasteiger partial charge < -0.3 is 5.32 Å². The van der Waals surface area contributed by atoms with Crippen LogP contribution in [-0.4, -0.2) is 20.1 Å². The number of nitrogens with one attached hydrogen (secondary N) is 1. The summed E-state index contributed by atoms with van der Waals surface area (Å²) in [4.78, 5) is 25.3. The van der Waals surface area contributed by atoms with Crippen LogP contribution in [0.1, 0.15) is 33.3 Å². The maximum absolute atomic E-state index is 12.8. The third-order valence-corrected chi connectivity index (χ3v) is 5.72. The van der Waals surface area contributed by atoms with Crippen molar-refractivity contribution in [3.8, 4) is 0 Å². The molecule has 1 saturated carbocycles. The van der Waals surface area contributed by atoms with Crippen LogP contribution in [0.25, 0.3) is 5.65 Å². The van der Waals surface area contributed by atoms with Crippen molar-refractivity contribution in [3.05, 3.63) is 76.4 Å². The zero-order valence-corrected chi connectivity index (χ0v) is 17.2. The number of carbonyl (C=O) groups is 1. The van der Waals surface area contributed by atoms with Crippen molar-refractivity contribution in [3.63, 3.8) is 0 Å². The smallest absolute Gasteiger partial charge is 0.326 e. The quantitative estimate of drug-likeness (QED) is 0.675. The number of nitrogens with zero attached hydrogens (tertiary/aromatic N) is 3. The molecule has 0 aliphatic heterocycles. The predicted octanol–water partition coefficient (Wildman–Crippen LogP) is 3.72. The Kier molecular flexibility index (Phi) is 4.65. The minimum absolute atomic E-state index is 0.0250. The van der Waals surface area contributed by atoms with E-state index in [1.165, 1.54) is 14.7 Å². The molecule has 29 heavy (non-hydrogen) atoms. The second kappa shape index (κ2) is 7.03. The molecule has 1 aromatic carbocycles. The van der Waals surface area contributed by atoms with Gasteiger partial charge in [0, 0.05) is 11.9 Å². The number of amides is 1. The van der Waals surface area contributed by atoms with Crippen LogP contribution in [0.3, 0.4) is 0 Å². The van der Waals surface area contributed by atoms with Crippen LogP contribution < -0.4 is 11.0 Å². The lowest BCUT2D eigenvalue weighted by atomic mass is 10.1. The molecule has 150 valence electrons. The Morgan fingerprint density at radius 1 is 1.21 bits per heavy atom. The van der Waals surface area contributed by atoms with E-state index in [1.54, 1.807) is 18.3 Å². The summed E-state index contributed by atoms with van der Waals surface area (Å²) in [6.07, 6.45) is 3.90. The molecule has 0 saturated heterocycles. The molecule has 2 heterocycles.